The quantitative estimate of drug-likeness (QED) is 0.806. The fourth-order valence-electron chi connectivity index (χ4n) is 1.16. The molecule has 2 atom stereocenters. The standard InChI is InChI=1S/C13H21NO2/c1-4-9-15-12-5-7-13(8-6-12)16-11(3)10(2)14/h5-8,10-11H,4,9,14H2,1-3H3/t10-,11?/m0/s1. The van der Waals surface area contributed by atoms with Gasteiger partial charge in [-0.3, -0.25) is 0 Å². The first-order chi connectivity index (χ1) is 7.63. The van der Waals surface area contributed by atoms with Crippen molar-refractivity contribution in [1.82, 2.24) is 0 Å². The lowest BCUT2D eigenvalue weighted by atomic mass is 10.2. The van der Waals surface area contributed by atoms with Crippen molar-refractivity contribution in [2.75, 3.05) is 6.61 Å². The van der Waals surface area contributed by atoms with E-state index in [2.05, 4.69) is 6.92 Å². The first kappa shape index (κ1) is 12.8. The fraction of sp³-hybridized carbons (Fsp3) is 0.538. The molecule has 1 rings (SSSR count). The van der Waals surface area contributed by atoms with Crippen molar-refractivity contribution in [3.8, 4) is 11.5 Å². The van der Waals surface area contributed by atoms with Crippen LogP contribution in [0.3, 0.4) is 0 Å². The second-order valence-electron chi connectivity index (χ2n) is 4.00. The third-order valence-electron chi connectivity index (χ3n) is 2.36. The molecule has 0 aliphatic heterocycles. The molecule has 0 aliphatic carbocycles. The first-order valence-corrected chi connectivity index (χ1v) is 5.78. The molecule has 0 fully saturated rings. The summed E-state index contributed by atoms with van der Waals surface area (Å²) in [6.45, 7) is 6.73. The lowest BCUT2D eigenvalue weighted by Gasteiger charge is -2.18. The predicted molar refractivity (Wildman–Crippen MR) is 66.0 cm³/mol. The number of hydrogen-bond acceptors (Lipinski definition) is 3. The minimum absolute atomic E-state index is 0.0161. The highest BCUT2D eigenvalue weighted by molar-refractivity contribution is 5.31. The zero-order chi connectivity index (χ0) is 12.0. The van der Waals surface area contributed by atoms with Gasteiger partial charge in [0.2, 0.25) is 0 Å². The van der Waals surface area contributed by atoms with Crippen molar-refractivity contribution in [2.24, 2.45) is 5.73 Å². The van der Waals surface area contributed by atoms with Gasteiger partial charge in [-0.05, 0) is 44.5 Å². The van der Waals surface area contributed by atoms with Gasteiger partial charge in [-0.15, -0.1) is 0 Å². The summed E-state index contributed by atoms with van der Waals surface area (Å²) in [6, 6.07) is 7.67. The molecule has 1 unspecified atom stereocenters. The van der Waals surface area contributed by atoms with Gasteiger partial charge in [-0.2, -0.15) is 0 Å². The molecule has 3 heteroatoms. The van der Waals surface area contributed by atoms with Crippen LogP contribution in [0.15, 0.2) is 24.3 Å². The zero-order valence-corrected chi connectivity index (χ0v) is 10.3. The number of nitrogens with two attached hydrogens (primary N) is 1. The molecule has 1 aromatic carbocycles. The van der Waals surface area contributed by atoms with Crippen LogP contribution in [-0.4, -0.2) is 18.8 Å². The average molecular weight is 223 g/mol. The van der Waals surface area contributed by atoms with Gasteiger partial charge in [-0.1, -0.05) is 6.92 Å². The summed E-state index contributed by atoms with van der Waals surface area (Å²) in [7, 11) is 0. The van der Waals surface area contributed by atoms with Gasteiger partial charge in [0, 0.05) is 6.04 Å². The van der Waals surface area contributed by atoms with E-state index < -0.39 is 0 Å². The van der Waals surface area contributed by atoms with Gasteiger partial charge in [0.25, 0.3) is 0 Å². The van der Waals surface area contributed by atoms with Gasteiger partial charge >= 0.3 is 0 Å². The summed E-state index contributed by atoms with van der Waals surface area (Å²) in [5.74, 6) is 1.70. The van der Waals surface area contributed by atoms with Crippen molar-refractivity contribution in [1.29, 1.82) is 0 Å². The molecule has 0 aliphatic rings. The smallest absolute Gasteiger partial charge is 0.120 e. The normalized spacial score (nSPS) is 14.2. The zero-order valence-electron chi connectivity index (χ0n) is 10.3. The Balaban J connectivity index is 2.51. The van der Waals surface area contributed by atoms with E-state index in [4.69, 9.17) is 15.2 Å². The highest BCUT2D eigenvalue weighted by Crippen LogP contribution is 2.19. The minimum atomic E-state index is 0.0161. The Kier molecular flexibility index (Phi) is 5.12. The van der Waals surface area contributed by atoms with Crippen LogP contribution in [0.4, 0.5) is 0 Å². The molecule has 0 radical (unpaired) electrons. The Morgan fingerprint density at radius 3 is 2.19 bits per heavy atom. The van der Waals surface area contributed by atoms with E-state index in [1.54, 1.807) is 0 Å². The summed E-state index contributed by atoms with van der Waals surface area (Å²) in [5.41, 5.74) is 5.73. The molecule has 0 amide bonds. The lowest BCUT2D eigenvalue weighted by molar-refractivity contribution is 0.196. The Morgan fingerprint density at radius 1 is 1.12 bits per heavy atom. The number of hydrogen-bond donors (Lipinski definition) is 1. The third-order valence-corrected chi connectivity index (χ3v) is 2.36. The molecule has 0 saturated carbocycles. The monoisotopic (exact) mass is 223 g/mol. The maximum Gasteiger partial charge on any atom is 0.120 e. The fourth-order valence-corrected chi connectivity index (χ4v) is 1.16. The number of rotatable bonds is 6. The molecule has 2 N–H and O–H groups in total. The molecule has 0 aromatic heterocycles. The van der Waals surface area contributed by atoms with Crippen LogP contribution in [0.1, 0.15) is 27.2 Å². The van der Waals surface area contributed by atoms with Crippen LogP contribution in [-0.2, 0) is 0 Å². The largest absolute Gasteiger partial charge is 0.494 e. The maximum absolute atomic E-state index is 5.73. The molecule has 16 heavy (non-hydrogen) atoms. The van der Waals surface area contributed by atoms with Crippen molar-refractivity contribution >= 4 is 0 Å². The second kappa shape index (κ2) is 6.38. The van der Waals surface area contributed by atoms with E-state index in [-0.39, 0.29) is 12.1 Å². The number of ether oxygens (including phenoxy) is 2. The van der Waals surface area contributed by atoms with E-state index in [0.29, 0.717) is 0 Å². The predicted octanol–water partition coefficient (Wildman–Crippen LogP) is 2.59. The Labute approximate surface area is 97.6 Å². The van der Waals surface area contributed by atoms with E-state index >= 15 is 0 Å². The Hall–Kier alpha value is -1.22. The Morgan fingerprint density at radius 2 is 1.69 bits per heavy atom. The highest BCUT2D eigenvalue weighted by Gasteiger charge is 2.08. The van der Waals surface area contributed by atoms with E-state index in [1.165, 1.54) is 0 Å². The molecule has 0 saturated heterocycles. The van der Waals surface area contributed by atoms with Crippen LogP contribution in [0, 0.1) is 0 Å². The van der Waals surface area contributed by atoms with Crippen molar-refractivity contribution in [3.63, 3.8) is 0 Å². The van der Waals surface area contributed by atoms with Gasteiger partial charge in [0.15, 0.2) is 0 Å². The second-order valence-corrected chi connectivity index (χ2v) is 4.00. The summed E-state index contributed by atoms with van der Waals surface area (Å²) >= 11 is 0. The summed E-state index contributed by atoms with van der Waals surface area (Å²) in [5, 5.41) is 0. The van der Waals surface area contributed by atoms with Crippen molar-refractivity contribution in [2.45, 2.75) is 39.3 Å². The molecule has 3 nitrogen and oxygen atoms in total. The van der Waals surface area contributed by atoms with Crippen LogP contribution in [0.25, 0.3) is 0 Å². The first-order valence-electron chi connectivity index (χ1n) is 5.78. The van der Waals surface area contributed by atoms with Gasteiger partial charge in [-0.25, -0.2) is 0 Å². The topological polar surface area (TPSA) is 44.5 Å². The molecule has 0 spiro atoms. The van der Waals surface area contributed by atoms with Crippen LogP contribution in [0.2, 0.25) is 0 Å². The van der Waals surface area contributed by atoms with Crippen molar-refractivity contribution < 1.29 is 9.47 Å². The highest BCUT2D eigenvalue weighted by atomic mass is 16.5. The molecular weight excluding hydrogens is 202 g/mol. The van der Waals surface area contributed by atoms with Gasteiger partial charge in [0.1, 0.15) is 17.6 Å². The SMILES string of the molecule is CCCOc1ccc(OC(C)[C@H](C)N)cc1. The lowest BCUT2D eigenvalue weighted by Crippen LogP contribution is -2.33. The van der Waals surface area contributed by atoms with Crippen molar-refractivity contribution in [3.05, 3.63) is 24.3 Å². The maximum atomic E-state index is 5.73. The molecule has 1 aromatic rings. The molecular formula is C13H21NO2. The Bertz CT molecular complexity index is 295. The average Bonchev–Trinajstić information content (AvgIpc) is 2.28. The number of benzene rings is 1. The summed E-state index contributed by atoms with van der Waals surface area (Å²) < 4.78 is 11.1. The minimum Gasteiger partial charge on any atom is -0.494 e. The van der Waals surface area contributed by atoms with E-state index in [9.17, 15) is 0 Å². The van der Waals surface area contributed by atoms with E-state index in [0.717, 1.165) is 24.5 Å². The van der Waals surface area contributed by atoms with E-state index in [1.807, 2.05) is 38.1 Å². The van der Waals surface area contributed by atoms with Crippen LogP contribution in [0.5, 0.6) is 11.5 Å². The van der Waals surface area contributed by atoms with Crippen LogP contribution >= 0.6 is 0 Å². The summed E-state index contributed by atoms with van der Waals surface area (Å²) in [4.78, 5) is 0. The van der Waals surface area contributed by atoms with Gasteiger partial charge in [0.05, 0.1) is 6.61 Å². The molecule has 0 bridgehead atoms. The molecule has 0 heterocycles. The molecule has 90 valence electrons. The summed E-state index contributed by atoms with van der Waals surface area (Å²) in [6.07, 6.45) is 1.03. The van der Waals surface area contributed by atoms with Crippen LogP contribution < -0.4 is 15.2 Å². The van der Waals surface area contributed by atoms with Gasteiger partial charge < -0.3 is 15.2 Å². The third kappa shape index (κ3) is 4.11.